The van der Waals surface area contributed by atoms with Crippen molar-refractivity contribution >= 4 is 69.3 Å². The highest BCUT2D eigenvalue weighted by molar-refractivity contribution is 8.15. The molecule has 2 amide bonds. The van der Waals surface area contributed by atoms with Crippen LogP contribution in [-0.2, 0) is 9.59 Å². The molecule has 1 aliphatic heterocycles. The second-order valence-corrected chi connectivity index (χ2v) is 8.30. The monoisotopic (exact) mass is 465 g/mol. The first-order valence-corrected chi connectivity index (χ1v) is 10.6. The van der Waals surface area contributed by atoms with Crippen molar-refractivity contribution < 1.29 is 19.5 Å². The van der Waals surface area contributed by atoms with Gasteiger partial charge in [-0.2, -0.15) is 0 Å². The first-order valence-electron chi connectivity index (χ1n) is 8.93. The number of anilines is 1. The summed E-state index contributed by atoms with van der Waals surface area (Å²) in [4.78, 5) is 42.2. The Balaban J connectivity index is 1.79. The molecular weight excluding hydrogens is 449 g/mol. The number of rotatable bonds is 5. The molecule has 2 aromatic rings. The zero-order valence-corrected chi connectivity index (χ0v) is 18.1. The van der Waals surface area contributed by atoms with Gasteiger partial charge in [-0.05, 0) is 49.4 Å². The Hall–Kier alpha value is -2.55. The number of hydrogen-bond donors (Lipinski definition) is 2. The molecule has 0 bridgehead atoms. The number of carboxylic acids is 1. The summed E-state index contributed by atoms with van der Waals surface area (Å²) in [6.07, 6.45) is 0.0257. The molecule has 7 nitrogen and oxygen atoms in total. The maximum Gasteiger partial charge on any atom is 0.335 e. The summed E-state index contributed by atoms with van der Waals surface area (Å²) in [6, 6.07) is 10.7. The quantitative estimate of drug-likeness (QED) is 0.667. The van der Waals surface area contributed by atoms with Crippen LogP contribution in [0.2, 0.25) is 10.0 Å². The Morgan fingerprint density at radius 1 is 1.20 bits per heavy atom. The van der Waals surface area contributed by atoms with Gasteiger partial charge in [0.1, 0.15) is 5.25 Å². The van der Waals surface area contributed by atoms with Gasteiger partial charge in [-0.25, -0.2) is 9.79 Å². The van der Waals surface area contributed by atoms with E-state index in [0.29, 0.717) is 33.1 Å². The summed E-state index contributed by atoms with van der Waals surface area (Å²) in [5.41, 5.74) is 1.08. The fourth-order valence-corrected chi connectivity index (χ4v) is 4.19. The lowest BCUT2D eigenvalue weighted by Crippen LogP contribution is -2.45. The van der Waals surface area contributed by atoms with Crippen LogP contribution >= 0.6 is 35.0 Å². The molecule has 2 aromatic carbocycles. The molecule has 1 atom stereocenters. The standard InChI is InChI=1S/C20H17Cl2N3O4S/c1-2-25-17(26)10-16(18(27)23-12-5-3-11(4-6-12)19(28)29)30-20(25)24-13-7-8-14(21)15(22)9-13/h3-9,16H,2,10H2,1H3,(H,23,27)(H,28,29)/t16-/m1/s1. The number of nitrogens with zero attached hydrogens (tertiary/aromatic N) is 2. The Labute approximate surface area is 187 Å². The van der Waals surface area contributed by atoms with E-state index >= 15 is 0 Å². The van der Waals surface area contributed by atoms with E-state index in [2.05, 4.69) is 10.3 Å². The van der Waals surface area contributed by atoms with Crippen molar-refractivity contribution in [3.8, 4) is 0 Å². The molecule has 0 unspecified atom stereocenters. The number of amides is 2. The van der Waals surface area contributed by atoms with Crippen LogP contribution < -0.4 is 5.32 Å². The summed E-state index contributed by atoms with van der Waals surface area (Å²) >= 11 is 13.2. The largest absolute Gasteiger partial charge is 0.478 e. The second-order valence-electron chi connectivity index (χ2n) is 6.31. The summed E-state index contributed by atoms with van der Waals surface area (Å²) in [6.45, 7) is 2.24. The molecule has 3 rings (SSSR count). The van der Waals surface area contributed by atoms with Crippen LogP contribution in [0.1, 0.15) is 23.7 Å². The van der Waals surface area contributed by atoms with Crippen LogP contribution in [0.15, 0.2) is 47.5 Å². The number of benzene rings is 2. The molecule has 0 spiro atoms. The maximum atomic E-state index is 12.7. The van der Waals surface area contributed by atoms with Gasteiger partial charge >= 0.3 is 5.97 Å². The van der Waals surface area contributed by atoms with E-state index in [4.69, 9.17) is 28.3 Å². The first kappa shape index (κ1) is 22.1. The summed E-state index contributed by atoms with van der Waals surface area (Å²) in [7, 11) is 0. The Kier molecular flexibility index (Phi) is 7.02. The Morgan fingerprint density at radius 2 is 1.90 bits per heavy atom. The molecule has 0 aliphatic carbocycles. The van der Waals surface area contributed by atoms with Crippen LogP contribution in [0, 0.1) is 0 Å². The van der Waals surface area contributed by atoms with Gasteiger partial charge in [0.15, 0.2) is 5.17 Å². The predicted molar refractivity (Wildman–Crippen MR) is 119 cm³/mol. The number of nitrogens with one attached hydrogen (secondary N) is 1. The van der Waals surface area contributed by atoms with Gasteiger partial charge in [0.25, 0.3) is 0 Å². The molecule has 0 saturated carbocycles. The molecule has 1 fully saturated rings. The molecule has 2 N–H and O–H groups in total. The highest BCUT2D eigenvalue weighted by atomic mass is 35.5. The van der Waals surface area contributed by atoms with Crippen molar-refractivity contribution in [3.05, 3.63) is 58.1 Å². The fraction of sp³-hybridized carbons (Fsp3) is 0.200. The zero-order valence-electron chi connectivity index (χ0n) is 15.8. The van der Waals surface area contributed by atoms with Gasteiger partial charge in [0.05, 0.1) is 21.3 Å². The van der Waals surface area contributed by atoms with Crippen molar-refractivity contribution in [1.82, 2.24) is 4.90 Å². The highest BCUT2D eigenvalue weighted by Gasteiger charge is 2.35. The topological polar surface area (TPSA) is 99.1 Å². The Morgan fingerprint density at radius 3 is 2.50 bits per heavy atom. The first-order chi connectivity index (χ1) is 14.3. The van der Waals surface area contributed by atoms with Crippen LogP contribution in [0.25, 0.3) is 0 Å². The maximum absolute atomic E-state index is 12.7. The van der Waals surface area contributed by atoms with Gasteiger partial charge < -0.3 is 10.4 Å². The van der Waals surface area contributed by atoms with Crippen LogP contribution in [0.3, 0.4) is 0 Å². The molecule has 156 valence electrons. The predicted octanol–water partition coefficient (Wildman–Crippen LogP) is 4.67. The van der Waals surface area contributed by atoms with Gasteiger partial charge in [-0.15, -0.1) is 0 Å². The highest BCUT2D eigenvalue weighted by Crippen LogP contribution is 2.32. The van der Waals surface area contributed by atoms with Gasteiger partial charge in [-0.3, -0.25) is 14.5 Å². The van der Waals surface area contributed by atoms with Crippen molar-refractivity contribution in [2.75, 3.05) is 11.9 Å². The second kappa shape index (κ2) is 9.51. The fourth-order valence-electron chi connectivity index (χ4n) is 2.74. The van der Waals surface area contributed by atoms with E-state index in [0.717, 1.165) is 0 Å². The number of carbonyl (C=O) groups excluding carboxylic acids is 2. The molecule has 10 heteroatoms. The van der Waals surface area contributed by atoms with Crippen molar-refractivity contribution in [1.29, 1.82) is 0 Å². The number of carboxylic acid groups (broad SMARTS) is 1. The molecular formula is C20H17Cl2N3O4S. The third kappa shape index (κ3) is 5.13. The number of hydrogen-bond acceptors (Lipinski definition) is 5. The number of amidine groups is 1. The smallest absolute Gasteiger partial charge is 0.335 e. The molecule has 0 radical (unpaired) electrons. The third-order valence-electron chi connectivity index (χ3n) is 4.28. The Bertz CT molecular complexity index is 1030. The molecule has 1 saturated heterocycles. The molecule has 1 aliphatic rings. The van der Waals surface area contributed by atoms with Crippen LogP contribution in [0.5, 0.6) is 0 Å². The number of aliphatic imine (C=N–C) groups is 1. The number of carbonyl (C=O) groups is 3. The van der Waals surface area contributed by atoms with E-state index in [9.17, 15) is 14.4 Å². The van der Waals surface area contributed by atoms with E-state index in [1.165, 1.54) is 40.9 Å². The number of aromatic carboxylic acids is 1. The average Bonchev–Trinajstić information content (AvgIpc) is 2.71. The normalized spacial score (nSPS) is 17.8. The minimum atomic E-state index is -1.05. The average molecular weight is 466 g/mol. The van der Waals surface area contributed by atoms with Crippen LogP contribution in [0.4, 0.5) is 11.4 Å². The van der Waals surface area contributed by atoms with E-state index in [1.807, 2.05) is 6.92 Å². The van der Waals surface area contributed by atoms with Crippen LogP contribution in [-0.4, -0.2) is 44.8 Å². The van der Waals surface area contributed by atoms with E-state index in [-0.39, 0.29) is 23.8 Å². The molecule has 1 heterocycles. The minimum Gasteiger partial charge on any atom is -0.478 e. The lowest BCUT2D eigenvalue weighted by molar-refractivity contribution is -0.129. The third-order valence-corrected chi connectivity index (χ3v) is 6.20. The summed E-state index contributed by atoms with van der Waals surface area (Å²) in [5, 5.41) is 12.1. The molecule has 30 heavy (non-hydrogen) atoms. The van der Waals surface area contributed by atoms with Crippen molar-refractivity contribution in [3.63, 3.8) is 0 Å². The van der Waals surface area contributed by atoms with E-state index in [1.54, 1.807) is 18.2 Å². The van der Waals surface area contributed by atoms with E-state index < -0.39 is 11.2 Å². The van der Waals surface area contributed by atoms with Gasteiger partial charge in [-0.1, -0.05) is 35.0 Å². The minimum absolute atomic E-state index is 0.0257. The summed E-state index contributed by atoms with van der Waals surface area (Å²) in [5.74, 6) is -1.63. The summed E-state index contributed by atoms with van der Waals surface area (Å²) < 4.78 is 0. The lowest BCUT2D eigenvalue weighted by atomic mass is 10.2. The number of thioether (sulfide) groups is 1. The molecule has 0 aromatic heterocycles. The SMILES string of the molecule is CCN1C(=O)C[C@H](C(=O)Nc2ccc(C(=O)O)cc2)SC1=Nc1ccc(Cl)c(Cl)c1. The zero-order chi connectivity index (χ0) is 21.8. The van der Waals surface area contributed by atoms with Crippen molar-refractivity contribution in [2.45, 2.75) is 18.6 Å². The van der Waals surface area contributed by atoms with Gasteiger partial charge in [0, 0.05) is 18.7 Å². The number of halogens is 2. The van der Waals surface area contributed by atoms with Crippen molar-refractivity contribution in [2.24, 2.45) is 4.99 Å². The lowest BCUT2D eigenvalue weighted by Gasteiger charge is -2.30. The van der Waals surface area contributed by atoms with Gasteiger partial charge in [0.2, 0.25) is 11.8 Å².